The van der Waals surface area contributed by atoms with Crippen LogP contribution in [0.4, 0.5) is 4.79 Å². The molecule has 0 aliphatic rings. The van der Waals surface area contributed by atoms with Crippen LogP contribution in [0.1, 0.15) is 27.7 Å². The van der Waals surface area contributed by atoms with E-state index in [1.54, 1.807) is 0 Å². The molecule has 1 atom stereocenters. The summed E-state index contributed by atoms with van der Waals surface area (Å²) in [6.45, 7) is 7.41. The molecule has 0 spiro atoms. The molecule has 0 saturated heterocycles. The number of carbonyl (C=O) groups excluding carboxylic acids is 1. The summed E-state index contributed by atoms with van der Waals surface area (Å²) in [6.07, 6.45) is 5.09. The molecular formula is C12H20N2O3. The van der Waals surface area contributed by atoms with Gasteiger partial charge in [-0.2, -0.15) is 0 Å². The van der Waals surface area contributed by atoms with E-state index in [-0.39, 0.29) is 18.0 Å². The van der Waals surface area contributed by atoms with Gasteiger partial charge in [0.15, 0.2) is 0 Å². The molecule has 17 heavy (non-hydrogen) atoms. The molecule has 1 unspecified atom stereocenters. The van der Waals surface area contributed by atoms with E-state index in [0.29, 0.717) is 0 Å². The Morgan fingerprint density at radius 3 is 2.35 bits per heavy atom. The second-order valence-electron chi connectivity index (χ2n) is 4.99. The molecule has 0 aromatic heterocycles. The fraction of sp³-hybridized carbons (Fsp3) is 0.667. The van der Waals surface area contributed by atoms with Crippen LogP contribution in [0.2, 0.25) is 0 Å². The van der Waals surface area contributed by atoms with Gasteiger partial charge in [0.05, 0.1) is 6.54 Å². The lowest BCUT2D eigenvalue weighted by atomic mass is 9.88. The minimum absolute atomic E-state index is 0.0189. The number of aliphatic carboxylic acids is 1. The highest BCUT2D eigenvalue weighted by Gasteiger charge is 2.24. The van der Waals surface area contributed by atoms with Crippen molar-refractivity contribution < 1.29 is 14.7 Å². The van der Waals surface area contributed by atoms with Gasteiger partial charge in [0.2, 0.25) is 0 Å². The molecule has 96 valence electrons. The lowest BCUT2D eigenvalue weighted by Gasteiger charge is -2.30. The van der Waals surface area contributed by atoms with Gasteiger partial charge in [0.1, 0.15) is 6.54 Å². The summed E-state index contributed by atoms with van der Waals surface area (Å²) in [5.41, 5.74) is -0.0965. The maximum atomic E-state index is 11.8. The fourth-order valence-corrected chi connectivity index (χ4v) is 0.966. The average Bonchev–Trinajstić information content (AvgIpc) is 2.14. The van der Waals surface area contributed by atoms with Crippen molar-refractivity contribution in [3.63, 3.8) is 0 Å². The van der Waals surface area contributed by atoms with Crippen LogP contribution in [-0.4, -0.2) is 41.1 Å². The molecule has 0 saturated carbocycles. The Hall–Kier alpha value is -1.70. The third-order valence-electron chi connectivity index (χ3n) is 2.53. The van der Waals surface area contributed by atoms with E-state index in [4.69, 9.17) is 11.5 Å². The van der Waals surface area contributed by atoms with Gasteiger partial charge in [0, 0.05) is 6.04 Å². The first kappa shape index (κ1) is 15.3. The van der Waals surface area contributed by atoms with Crippen LogP contribution in [0, 0.1) is 17.8 Å². The van der Waals surface area contributed by atoms with E-state index < -0.39 is 18.5 Å². The van der Waals surface area contributed by atoms with Crippen LogP contribution < -0.4 is 5.32 Å². The molecule has 0 aliphatic heterocycles. The summed E-state index contributed by atoms with van der Waals surface area (Å²) in [7, 11) is 0. The Morgan fingerprint density at radius 1 is 1.47 bits per heavy atom. The molecule has 0 radical (unpaired) electrons. The van der Waals surface area contributed by atoms with Crippen LogP contribution in [0.25, 0.3) is 0 Å². The Kier molecular flexibility index (Phi) is 5.52. The predicted octanol–water partition coefficient (Wildman–Crippen LogP) is 1.15. The van der Waals surface area contributed by atoms with Crippen molar-refractivity contribution in [1.82, 2.24) is 10.2 Å². The number of hydrogen-bond donors (Lipinski definition) is 2. The minimum Gasteiger partial charge on any atom is -0.480 e. The third-order valence-corrected chi connectivity index (χ3v) is 2.53. The smallest absolute Gasteiger partial charge is 0.323 e. The average molecular weight is 240 g/mol. The molecule has 5 nitrogen and oxygen atoms in total. The second kappa shape index (κ2) is 6.14. The maximum absolute atomic E-state index is 11.8. The van der Waals surface area contributed by atoms with Gasteiger partial charge < -0.3 is 15.3 Å². The Morgan fingerprint density at radius 2 is 2.00 bits per heavy atom. The third kappa shape index (κ3) is 5.81. The topological polar surface area (TPSA) is 69.6 Å². The number of nitrogens with one attached hydrogen (secondary N) is 1. The lowest BCUT2D eigenvalue weighted by Crippen LogP contribution is -2.49. The Labute approximate surface area is 102 Å². The van der Waals surface area contributed by atoms with Gasteiger partial charge in [-0.25, -0.2) is 4.79 Å². The molecule has 0 bridgehead atoms. The molecule has 0 rings (SSSR count). The zero-order chi connectivity index (χ0) is 13.6. The molecular weight excluding hydrogens is 220 g/mol. The highest BCUT2D eigenvalue weighted by atomic mass is 16.4. The van der Waals surface area contributed by atoms with Crippen molar-refractivity contribution in [2.45, 2.75) is 33.7 Å². The van der Waals surface area contributed by atoms with Crippen LogP contribution in [0.3, 0.4) is 0 Å². The van der Waals surface area contributed by atoms with Gasteiger partial charge in [-0.15, -0.1) is 6.42 Å². The first-order chi connectivity index (χ1) is 7.68. The van der Waals surface area contributed by atoms with Crippen molar-refractivity contribution >= 4 is 12.0 Å². The number of terminal acetylenes is 1. The number of carbonyl (C=O) groups is 2. The van der Waals surface area contributed by atoms with Crippen LogP contribution in [0.5, 0.6) is 0 Å². The van der Waals surface area contributed by atoms with Crippen molar-refractivity contribution in [2.75, 3.05) is 13.1 Å². The number of carboxylic acid groups (broad SMARTS) is 1. The molecule has 2 N–H and O–H groups in total. The summed E-state index contributed by atoms with van der Waals surface area (Å²) < 4.78 is 0. The SMILES string of the molecule is C#CCN(CC(=O)O)C(=O)NC(C)C(C)(C)C. The van der Waals surface area contributed by atoms with Gasteiger partial charge in [0.25, 0.3) is 0 Å². The quantitative estimate of drug-likeness (QED) is 0.724. The van der Waals surface area contributed by atoms with Crippen LogP contribution in [0.15, 0.2) is 0 Å². The number of rotatable bonds is 4. The van der Waals surface area contributed by atoms with Gasteiger partial charge >= 0.3 is 12.0 Å². The summed E-state index contributed by atoms with van der Waals surface area (Å²) in [4.78, 5) is 23.5. The van der Waals surface area contributed by atoms with E-state index in [2.05, 4.69) is 11.2 Å². The number of carboxylic acids is 1. The zero-order valence-corrected chi connectivity index (χ0v) is 10.8. The lowest BCUT2D eigenvalue weighted by molar-refractivity contribution is -0.137. The van der Waals surface area contributed by atoms with Gasteiger partial charge in [-0.3, -0.25) is 4.79 Å². The first-order valence-electron chi connectivity index (χ1n) is 5.39. The van der Waals surface area contributed by atoms with E-state index in [9.17, 15) is 9.59 Å². The van der Waals surface area contributed by atoms with Crippen molar-refractivity contribution in [1.29, 1.82) is 0 Å². The highest BCUT2D eigenvalue weighted by Crippen LogP contribution is 2.18. The maximum Gasteiger partial charge on any atom is 0.323 e. The molecule has 0 fully saturated rings. The number of nitrogens with zero attached hydrogens (tertiary/aromatic N) is 1. The van der Waals surface area contributed by atoms with Crippen molar-refractivity contribution in [2.24, 2.45) is 5.41 Å². The Balaban J connectivity index is 4.54. The molecule has 5 heteroatoms. The number of urea groups is 1. The number of hydrogen-bond acceptors (Lipinski definition) is 2. The molecule has 0 aliphatic carbocycles. The van der Waals surface area contributed by atoms with E-state index in [1.165, 1.54) is 0 Å². The normalized spacial score (nSPS) is 12.4. The van der Waals surface area contributed by atoms with Crippen LogP contribution >= 0.6 is 0 Å². The summed E-state index contributed by atoms with van der Waals surface area (Å²) in [6, 6.07) is -0.531. The van der Waals surface area contributed by atoms with E-state index in [0.717, 1.165) is 4.90 Å². The van der Waals surface area contributed by atoms with Crippen molar-refractivity contribution in [3.05, 3.63) is 0 Å². The fourth-order valence-electron chi connectivity index (χ4n) is 0.966. The molecule has 0 heterocycles. The zero-order valence-electron chi connectivity index (χ0n) is 10.8. The summed E-state index contributed by atoms with van der Waals surface area (Å²) in [5.74, 6) is 1.18. The van der Waals surface area contributed by atoms with Crippen LogP contribution in [-0.2, 0) is 4.79 Å². The standard InChI is InChI=1S/C12H20N2O3/c1-6-7-14(8-10(15)16)11(17)13-9(2)12(3,4)5/h1,9H,7-8H2,2-5H3,(H,13,17)(H,15,16). The largest absolute Gasteiger partial charge is 0.480 e. The molecule has 2 amide bonds. The first-order valence-corrected chi connectivity index (χ1v) is 5.39. The Bertz CT molecular complexity index is 326. The second-order valence-corrected chi connectivity index (χ2v) is 4.99. The minimum atomic E-state index is -1.08. The summed E-state index contributed by atoms with van der Waals surface area (Å²) in [5, 5.41) is 11.4. The van der Waals surface area contributed by atoms with E-state index in [1.807, 2.05) is 27.7 Å². The monoisotopic (exact) mass is 240 g/mol. The van der Waals surface area contributed by atoms with Gasteiger partial charge in [-0.05, 0) is 12.3 Å². The highest BCUT2D eigenvalue weighted by molar-refractivity contribution is 5.80. The summed E-state index contributed by atoms with van der Waals surface area (Å²) >= 11 is 0. The molecule has 0 aromatic rings. The van der Waals surface area contributed by atoms with Gasteiger partial charge in [-0.1, -0.05) is 26.7 Å². The van der Waals surface area contributed by atoms with E-state index >= 15 is 0 Å². The van der Waals surface area contributed by atoms with Crippen molar-refractivity contribution in [3.8, 4) is 12.3 Å². The number of amides is 2. The molecule has 0 aromatic carbocycles. The predicted molar refractivity (Wildman–Crippen MR) is 65.5 cm³/mol.